The zero-order valence-electron chi connectivity index (χ0n) is 16.4. The Kier molecular flexibility index (Phi) is 7.00. The zero-order chi connectivity index (χ0) is 20.6. The molecule has 1 aliphatic rings. The topological polar surface area (TPSA) is 92.5 Å². The van der Waals surface area contributed by atoms with Crippen LogP contribution in [0.4, 0.5) is 0 Å². The van der Waals surface area contributed by atoms with Gasteiger partial charge in [0.25, 0.3) is 5.91 Å². The van der Waals surface area contributed by atoms with Crippen molar-refractivity contribution in [2.24, 2.45) is 11.7 Å². The molecule has 3 N–H and O–H groups in total. The van der Waals surface area contributed by atoms with Crippen LogP contribution in [0.2, 0.25) is 0 Å². The summed E-state index contributed by atoms with van der Waals surface area (Å²) in [6.07, 6.45) is 1.88. The molecule has 6 heteroatoms. The Morgan fingerprint density at radius 2 is 1.55 bits per heavy atom. The average Bonchev–Trinajstić information content (AvgIpc) is 2.74. The molecule has 0 bridgehead atoms. The molecule has 1 heterocycles. The largest absolute Gasteiger partial charge is 0.370 e. The van der Waals surface area contributed by atoms with Gasteiger partial charge in [-0.3, -0.25) is 14.4 Å². The highest BCUT2D eigenvalue weighted by Gasteiger charge is 2.29. The van der Waals surface area contributed by atoms with Crippen LogP contribution in [0.25, 0.3) is 0 Å². The van der Waals surface area contributed by atoms with E-state index < -0.39 is 5.91 Å². The summed E-state index contributed by atoms with van der Waals surface area (Å²) in [7, 11) is 0. The Morgan fingerprint density at radius 3 is 2.14 bits per heavy atom. The number of piperidine rings is 1. The maximum Gasteiger partial charge on any atom is 0.253 e. The number of carbonyl (C=O) groups is 3. The van der Waals surface area contributed by atoms with Gasteiger partial charge in [0.1, 0.15) is 0 Å². The molecule has 1 aliphatic heterocycles. The summed E-state index contributed by atoms with van der Waals surface area (Å²) in [4.78, 5) is 38.5. The van der Waals surface area contributed by atoms with Gasteiger partial charge in [-0.25, -0.2) is 0 Å². The first-order valence-electron chi connectivity index (χ1n) is 10.00. The van der Waals surface area contributed by atoms with E-state index >= 15 is 0 Å². The lowest BCUT2D eigenvalue weighted by atomic mass is 9.94. The molecule has 152 valence electrons. The second-order valence-electron chi connectivity index (χ2n) is 7.50. The van der Waals surface area contributed by atoms with Gasteiger partial charge < -0.3 is 16.0 Å². The van der Waals surface area contributed by atoms with Crippen molar-refractivity contribution in [1.82, 2.24) is 10.2 Å². The lowest BCUT2D eigenvalue weighted by molar-refractivity contribution is -0.127. The number of hydrogen-bond donors (Lipinski definition) is 2. The molecule has 1 saturated heterocycles. The summed E-state index contributed by atoms with van der Waals surface area (Å²) in [6.45, 7) is 1.09. The first kappa shape index (κ1) is 20.6. The molecule has 0 radical (unpaired) electrons. The molecule has 1 unspecified atom stereocenters. The van der Waals surface area contributed by atoms with Gasteiger partial charge in [0.2, 0.25) is 11.8 Å². The quantitative estimate of drug-likeness (QED) is 0.755. The minimum absolute atomic E-state index is 0.000130. The minimum Gasteiger partial charge on any atom is -0.370 e. The summed E-state index contributed by atoms with van der Waals surface area (Å²) < 4.78 is 0. The smallest absolute Gasteiger partial charge is 0.253 e. The van der Waals surface area contributed by atoms with Gasteiger partial charge in [0.15, 0.2) is 0 Å². The summed E-state index contributed by atoms with van der Waals surface area (Å²) in [5, 5.41) is 3.00. The van der Waals surface area contributed by atoms with Crippen LogP contribution in [0.1, 0.15) is 35.2 Å². The Balaban J connectivity index is 1.54. The van der Waals surface area contributed by atoms with Crippen molar-refractivity contribution in [3.8, 4) is 0 Å². The van der Waals surface area contributed by atoms with E-state index in [2.05, 4.69) is 5.32 Å². The maximum absolute atomic E-state index is 12.8. The molecule has 0 spiro atoms. The standard InChI is InChI=1S/C23H27N3O3/c24-21(27)16-20(15-17-7-3-1-4-8-17)25-22(28)18-11-13-26(14-12-18)23(29)19-9-5-2-6-10-19/h1-10,18,20H,11-16H2,(H2,24,27)(H,25,28). The second-order valence-corrected chi connectivity index (χ2v) is 7.50. The van der Waals surface area contributed by atoms with Crippen LogP contribution in [0.5, 0.6) is 0 Å². The van der Waals surface area contributed by atoms with E-state index in [9.17, 15) is 14.4 Å². The fourth-order valence-corrected chi connectivity index (χ4v) is 3.74. The number of primary amides is 1. The maximum atomic E-state index is 12.8. The average molecular weight is 393 g/mol. The van der Waals surface area contributed by atoms with E-state index in [1.54, 1.807) is 17.0 Å². The molecule has 2 aromatic rings. The normalized spacial score (nSPS) is 15.5. The highest BCUT2D eigenvalue weighted by atomic mass is 16.2. The molecule has 29 heavy (non-hydrogen) atoms. The minimum atomic E-state index is -0.436. The number of rotatable bonds is 7. The van der Waals surface area contributed by atoms with E-state index in [1.165, 1.54) is 0 Å². The molecule has 2 aromatic carbocycles. The summed E-state index contributed by atoms with van der Waals surface area (Å²) in [5.74, 6) is -0.672. The van der Waals surface area contributed by atoms with E-state index in [0.29, 0.717) is 37.9 Å². The first-order valence-corrected chi connectivity index (χ1v) is 10.00. The van der Waals surface area contributed by atoms with Crippen LogP contribution in [-0.2, 0) is 16.0 Å². The Hall–Kier alpha value is -3.15. The molecule has 0 aromatic heterocycles. The van der Waals surface area contributed by atoms with Gasteiger partial charge in [-0.15, -0.1) is 0 Å². The Bertz CT molecular complexity index is 831. The monoisotopic (exact) mass is 393 g/mol. The van der Waals surface area contributed by atoms with E-state index in [4.69, 9.17) is 5.73 Å². The van der Waals surface area contributed by atoms with Gasteiger partial charge in [-0.1, -0.05) is 48.5 Å². The fourth-order valence-electron chi connectivity index (χ4n) is 3.74. The van der Waals surface area contributed by atoms with Crippen LogP contribution in [0.15, 0.2) is 60.7 Å². The second kappa shape index (κ2) is 9.87. The van der Waals surface area contributed by atoms with Crippen LogP contribution < -0.4 is 11.1 Å². The highest BCUT2D eigenvalue weighted by molar-refractivity contribution is 5.94. The SMILES string of the molecule is NC(=O)CC(Cc1ccccc1)NC(=O)C1CCN(C(=O)c2ccccc2)CC1. The summed E-state index contributed by atoms with van der Waals surface area (Å²) in [6, 6.07) is 18.6. The third kappa shape index (κ3) is 5.91. The van der Waals surface area contributed by atoms with Crippen LogP contribution in [0, 0.1) is 5.92 Å². The Labute approximate surface area is 171 Å². The number of nitrogens with two attached hydrogens (primary N) is 1. The van der Waals surface area contributed by atoms with Crippen LogP contribution in [-0.4, -0.2) is 41.8 Å². The third-order valence-corrected chi connectivity index (χ3v) is 5.29. The van der Waals surface area contributed by atoms with Gasteiger partial charge in [-0.2, -0.15) is 0 Å². The van der Waals surface area contributed by atoms with E-state index in [0.717, 1.165) is 5.56 Å². The van der Waals surface area contributed by atoms with Crippen molar-refractivity contribution in [3.05, 3.63) is 71.8 Å². The van der Waals surface area contributed by atoms with Gasteiger partial charge in [0.05, 0.1) is 0 Å². The van der Waals surface area contributed by atoms with E-state index in [1.807, 2.05) is 48.5 Å². The molecule has 3 rings (SSSR count). The highest BCUT2D eigenvalue weighted by Crippen LogP contribution is 2.20. The van der Waals surface area contributed by atoms with Crippen molar-refractivity contribution in [2.45, 2.75) is 31.7 Å². The lowest BCUT2D eigenvalue weighted by Crippen LogP contribution is -2.46. The number of benzene rings is 2. The van der Waals surface area contributed by atoms with Crippen molar-refractivity contribution in [1.29, 1.82) is 0 Å². The number of carbonyl (C=O) groups excluding carboxylic acids is 3. The van der Waals surface area contributed by atoms with Crippen molar-refractivity contribution < 1.29 is 14.4 Å². The number of hydrogen-bond acceptors (Lipinski definition) is 3. The summed E-state index contributed by atoms with van der Waals surface area (Å²) >= 11 is 0. The molecular weight excluding hydrogens is 366 g/mol. The number of likely N-dealkylation sites (tertiary alicyclic amines) is 1. The zero-order valence-corrected chi connectivity index (χ0v) is 16.4. The third-order valence-electron chi connectivity index (χ3n) is 5.29. The van der Waals surface area contributed by atoms with Crippen LogP contribution >= 0.6 is 0 Å². The Morgan fingerprint density at radius 1 is 0.966 bits per heavy atom. The van der Waals surface area contributed by atoms with E-state index in [-0.39, 0.29) is 30.2 Å². The van der Waals surface area contributed by atoms with Gasteiger partial charge in [-0.05, 0) is 37.0 Å². The molecule has 0 aliphatic carbocycles. The molecule has 1 fully saturated rings. The molecular formula is C23H27N3O3. The van der Waals surface area contributed by atoms with Gasteiger partial charge in [0, 0.05) is 37.0 Å². The van der Waals surface area contributed by atoms with Gasteiger partial charge >= 0.3 is 0 Å². The molecule has 1 atom stereocenters. The summed E-state index contributed by atoms with van der Waals surface area (Å²) in [5.41, 5.74) is 7.08. The fraction of sp³-hybridized carbons (Fsp3) is 0.348. The molecule has 3 amide bonds. The predicted molar refractivity (Wildman–Crippen MR) is 111 cm³/mol. The number of nitrogens with one attached hydrogen (secondary N) is 1. The van der Waals surface area contributed by atoms with Crippen molar-refractivity contribution >= 4 is 17.7 Å². The van der Waals surface area contributed by atoms with Crippen molar-refractivity contribution in [3.63, 3.8) is 0 Å². The number of nitrogens with zero attached hydrogens (tertiary/aromatic N) is 1. The molecule has 6 nitrogen and oxygen atoms in total. The lowest BCUT2D eigenvalue weighted by Gasteiger charge is -2.32. The first-order chi connectivity index (χ1) is 14.0. The number of amides is 3. The predicted octanol–water partition coefficient (Wildman–Crippen LogP) is 2.14. The molecule has 0 saturated carbocycles. The van der Waals surface area contributed by atoms with Crippen molar-refractivity contribution in [2.75, 3.05) is 13.1 Å². The van der Waals surface area contributed by atoms with Crippen LogP contribution in [0.3, 0.4) is 0 Å².